The van der Waals surface area contributed by atoms with Crippen molar-refractivity contribution in [2.75, 3.05) is 13.1 Å². The minimum atomic E-state index is -0.0149. The standard InChI is InChI=1S/C18H24N2O/c1-14-7-8-16(12-15(14)6-5-11-19)17(21)20-13-18(2)9-3-4-10-18/h7-8,12H,3-4,9-11,13,19H2,1-2H3,(H,20,21). The molecule has 0 unspecified atom stereocenters. The number of hydrogen-bond acceptors (Lipinski definition) is 2. The van der Waals surface area contributed by atoms with Crippen LogP contribution in [0, 0.1) is 24.2 Å². The summed E-state index contributed by atoms with van der Waals surface area (Å²) < 4.78 is 0. The third-order valence-corrected chi connectivity index (χ3v) is 4.31. The highest BCUT2D eigenvalue weighted by atomic mass is 16.1. The molecule has 1 fully saturated rings. The lowest BCUT2D eigenvalue weighted by Gasteiger charge is -2.23. The Morgan fingerprint density at radius 1 is 1.38 bits per heavy atom. The smallest absolute Gasteiger partial charge is 0.251 e. The quantitative estimate of drug-likeness (QED) is 0.838. The fraction of sp³-hybridized carbons (Fsp3) is 0.500. The van der Waals surface area contributed by atoms with Crippen LogP contribution in [0.25, 0.3) is 0 Å². The molecule has 0 saturated heterocycles. The van der Waals surface area contributed by atoms with E-state index in [9.17, 15) is 4.79 Å². The number of carbonyl (C=O) groups is 1. The first kappa shape index (κ1) is 15.6. The molecule has 0 atom stereocenters. The van der Waals surface area contributed by atoms with Crippen LogP contribution in [0.1, 0.15) is 54.1 Å². The predicted octanol–water partition coefficient (Wildman–Crippen LogP) is 2.62. The lowest BCUT2D eigenvalue weighted by atomic mass is 9.89. The molecule has 1 saturated carbocycles. The minimum Gasteiger partial charge on any atom is -0.351 e. The molecule has 21 heavy (non-hydrogen) atoms. The summed E-state index contributed by atoms with van der Waals surface area (Å²) in [6.45, 7) is 5.33. The van der Waals surface area contributed by atoms with Crippen LogP contribution >= 0.6 is 0 Å². The van der Waals surface area contributed by atoms with Crippen molar-refractivity contribution in [1.29, 1.82) is 0 Å². The van der Waals surface area contributed by atoms with E-state index in [-0.39, 0.29) is 11.3 Å². The Balaban J connectivity index is 2.05. The SMILES string of the molecule is Cc1ccc(C(=O)NCC2(C)CCCC2)cc1C#CCN. The van der Waals surface area contributed by atoms with Crippen LogP contribution in [0.5, 0.6) is 0 Å². The van der Waals surface area contributed by atoms with Gasteiger partial charge in [-0.3, -0.25) is 4.79 Å². The van der Waals surface area contributed by atoms with Gasteiger partial charge in [0, 0.05) is 17.7 Å². The van der Waals surface area contributed by atoms with E-state index in [1.165, 1.54) is 25.7 Å². The third kappa shape index (κ3) is 4.09. The second kappa shape index (κ2) is 6.78. The molecule has 0 aromatic heterocycles. The van der Waals surface area contributed by atoms with Crippen LogP contribution in [0.3, 0.4) is 0 Å². The number of nitrogens with two attached hydrogens (primary N) is 1. The molecule has 112 valence electrons. The molecule has 3 heteroatoms. The zero-order valence-corrected chi connectivity index (χ0v) is 13.0. The van der Waals surface area contributed by atoms with Crippen molar-refractivity contribution in [3.05, 3.63) is 34.9 Å². The maximum atomic E-state index is 12.3. The van der Waals surface area contributed by atoms with Crippen molar-refractivity contribution in [2.24, 2.45) is 11.1 Å². The summed E-state index contributed by atoms with van der Waals surface area (Å²) >= 11 is 0. The summed E-state index contributed by atoms with van der Waals surface area (Å²) in [5.41, 5.74) is 8.28. The molecule has 1 aliphatic rings. The van der Waals surface area contributed by atoms with Crippen LogP contribution in [0.2, 0.25) is 0 Å². The molecule has 0 bridgehead atoms. The van der Waals surface area contributed by atoms with E-state index >= 15 is 0 Å². The molecule has 0 spiro atoms. The Bertz CT molecular complexity index is 575. The molecule has 0 heterocycles. The average Bonchev–Trinajstić information content (AvgIpc) is 2.91. The maximum absolute atomic E-state index is 12.3. The van der Waals surface area contributed by atoms with E-state index in [4.69, 9.17) is 5.73 Å². The van der Waals surface area contributed by atoms with Gasteiger partial charge in [0.05, 0.1) is 6.54 Å². The monoisotopic (exact) mass is 284 g/mol. The number of benzene rings is 1. The first-order valence-electron chi connectivity index (χ1n) is 7.62. The van der Waals surface area contributed by atoms with E-state index in [0.29, 0.717) is 12.1 Å². The van der Waals surface area contributed by atoms with Crippen molar-refractivity contribution in [3.8, 4) is 11.8 Å². The summed E-state index contributed by atoms with van der Waals surface area (Å²) in [5.74, 6) is 5.84. The number of hydrogen-bond donors (Lipinski definition) is 2. The van der Waals surface area contributed by atoms with Crippen LogP contribution in [0.15, 0.2) is 18.2 Å². The van der Waals surface area contributed by atoms with Gasteiger partial charge in [-0.05, 0) is 42.9 Å². The van der Waals surface area contributed by atoms with Crippen molar-refractivity contribution in [2.45, 2.75) is 39.5 Å². The summed E-state index contributed by atoms with van der Waals surface area (Å²) in [4.78, 5) is 12.3. The first-order valence-corrected chi connectivity index (χ1v) is 7.62. The van der Waals surface area contributed by atoms with Gasteiger partial charge in [0.2, 0.25) is 0 Å². The van der Waals surface area contributed by atoms with Crippen LogP contribution in [0.4, 0.5) is 0 Å². The van der Waals surface area contributed by atoms with Gasteiger partial charge in [0.1, 0.15) is 0 Å². The molecule has 1 amide bonds. The Morgan fingerprint density at radius 2 is 2.10 bits per heavy atom. The molecular formula is C18H24N2O. The van der Waals surface area contributed by atoms with E-state index in [2.05, 4.69) is 24.1 Å². The number of rotatable bonds is 3. The van der Waals surface area contributed by atoms with E-state index in [1.807, 2.05) is 25.1 Å². The first-order chi connectivity index (χ1) is 10.0. The highest BCUT2D eigenvalue weighted by Crippen LogP contribution is 2.36. The fourth-order valence-corrected chi connectivity index (χ4v) is 2.85. The Kier molecular flexibility index (Phi) is 5.03. The van der Waals surface area contributed by atoms with Crippen molar-refractivity contribution >= 4 is 5.91 Å². The third-order valence-electron chi connectivity index (χ3n) is 4.31. The minimum absolute atomic E-state index is 0.0149. The molecule has 2 rings (SSSR count). The highest BCUT2D eigenvalue weighted by molar-refractivity contribution is 5.94. The Labute approximate surface area is 127 Å². The number of aryl methyl sites for hydroxylation is 1. The largest absolute Gasteiger partial charge is 0.351 e. The molecule has 3 N–H and O–H groups in total. The van der Waals surface area contributed by atoms with Gasteiger partial charge in [-0.2, -0.15) is 0 Å². The predicted molar refractivity (Wildman–Crippen MR) is 86.0 cm³/mol. The van der Waals surface area contributed by atoms with Crippen LogP contribution in [-0.4, -0.2) is 19.0 Å². The molecule has 1 aliphatic carbocycles. The van der Waals surface area contributed by atoms with E-state index in [1.54, 1.807) is 0 Å². The molecule has 0 aliphatic heterocycles. The lowest BCUT2D eigenvalue weighted by molar-refractivity contribution is 0.0934. The van der Waals surface area contributed by atoms with Crippen LogP contribution < -0.4 is 11.1 Å². The van der Waals surface area contributed by atoms with Gasteiger partial charge in [0.15, 0.2) is 0 Å². The topological polar surface area (TPSA) is 55.1 Å². The van der Waals surface area contributed by atoms with Crippen molar-refractivity contribution in [1.82, 2.24) is 5.32 Å². The summed E-state index contributed by atoms with van der Waals surface area (Å²) in [6.07, 6.45) is 4.95. The number of amides is 1. The van der Waals surface area contributed by atoms with Crippen LogP contribution in [-0.2, 0) is 0 Å². The Hall–Kier alpha value is -1.79. The molecule has 1 aromatic carbocycles. The molecule has 1 aromatic rings. The lowest BCUT2D eigenvalue weighted by Crippen LogP contribution is -2.34. The van der Waals surface area contributed by atoms with Gasteiger partial charge in [0.25, 0.3) is 5.91 Å². The normalized spacial score (nSPS) is 16.1. The fourth-order valence-electron chi connectivity index (χ4n) is 2.85. The molecular weight excluding hydrogens is 260 g/mol. The van der Waals surface area contributed by atoms with E-state index in [0.717, 1.165) is 17.7 Å². The van der Waals surface area contributed by atoms with Crippen molar-refractivity contribution < 1.29 is 4.79 Å². The van der Waals surface area contributed by atoms with Gasteiger partial charge in [-0.15, -0.1) is 0 Å². The summed E-state index contributed by atoms with van der Waals surface area (Å²) in [7, 11) is 0. The zero-order valence-electron chi connectivity index (χ0n) is 13.0. The van der Waals surface area contributed by atoms with Crippen molar-refractivity contribution in [3.63, 3.8) is 0 Å². The zero-order chi connectivity index (χ0) is 15.3. The Morgan fingerprint density at radius 3 is 2.76 bits per heavy atom. The van der Waals surface area contributed by atoms with Gasteiger partial charge in [-0.25, -0.2) is 0 Å². The maximum Gasteiger partial charge on any atom is 0.251 e. The number of carbonyl (C=O) groups excluding carboxylic acids is 1. The van der Waals surface area contributed by atoms with Gasteiger partial charge < -0.3 is 11.1 Å². The average molecular weight is 284 g/mol. The highest BCUT2D eigenvalue weighted by Gasteiger charge is 2.28. The molecule has 0 radical (unpaired) electrons. The van der Waals surface area contributed by atoms with Gasteiger partial charge in [-0.1, -0.05) is 37.7 Å². The number of nitrogens with one attached hydrogen (secondary N) is 1. The van der Waals surface area contributed by atoms with E-state index < -0.39 is 0 Å². The second-order valence-electron chi connectivity index (χ2n) is 6.24. The molecule has 3 nitrogen and oxygen atoms in total. The summed E-state index contributed by atoms with van der Waals surface area (Å²) in [5, 5.41) is 3.07. The second-order valence-corrected chi connectivity index (χ2v) is 6.24. The summed E-state index contributed by atoms with van der Waals surface area (Å²) in [6, 6.07) is 5.65. The van der Waals surface area contributed by atoms with Gasteiger partial charge >= 0.3 is 0 Å².